The maximum absolute atomic E-state index is 6.33. The first kappa shape index (κ1) is 16.5. The molecule has 2 atom stereocenters. The molecule has 0 saturated carbocycles. The molecule has 2 nitrogen and oxygen atoms in total. The highest BCUT2D eigenvalue weighted by Crippen LogP contribution is 2.48. The summed E-state index contributed by atoms with van der Waals surface area (Å²) in [6.07, 6.45) is 2.25. The summed E-state index contributed by atoms with van der Waals surface area (Å²) in [5.41, 5.74) is 2.65. The van der Waals surface area contributed by atoms with Crippen molar-refractivity contribution in [2.75, 3.05) is 6.54 Å². The van der Waals surface area contributed by atoms with Crippen LogP contribution in [-0.2, 0) is 4.74 Å². The van der Waals surface area contributed by atoms with Gasteiger partial charge in [0.15, 0.2) is 0 Å². The normalized spacial score (nSPS) is 25.0. The molecule has 118 valence electrons. The second-order valence-electron chi connectivity index (χ2n) is 7.56. The molecule has 1 saturated heterocycles. The molecule has 1 aliphatic heterocycles. The lowest BCUT2D eigenvalue weighted by molar-refractivity contribution is -0.0778. The molecule has 1 aromatic carbocycles. The van der Waals surface area contributed by atoms with Gasteiger partial charge in [-0.2, -0.15) is 0 Å². The Morgan fingerprint density at radius 1 is 1.24 bits per heavy atom. The van der Waals surface area contributed by atoms with Crippen LogP contribution in [0.4, 0.5) is 0 Å². The van der Waals surface area contributed by atoms with Gasteiger partial charge in [-0.3, -0.25) is 0 Å². The van der Waals surface area contributed by atoms with Crippen LogP contribution >= 0.6 is 0 Å². The smallest absolute Gasteiger partial charge is 0.0681 e. The van der Waals surface area contributed by atoms with Crippen molar-refractivity contribution in [3.8, 4) is 0 Å². The lowest BCUT2D eigenvalue weighted by Gasteiger charge is -2.34. The summed E-state index contributed by atoms with van der Waals surface area (Å²) in [5.74, 6) is 0.486. The fraction of sp³-hybridized carbons (Fsp3) is 0.684. The molecule has 0 amide bonds. The molecule has 1 N–H and O–H groups in total. The van der Waals surface area contributed by atoms with Crippen LogP contribution in [0, 0.1) is 12.8 Å². The Labute approximate surface area is 130 Å². The number of rotatable bonds is 5. The molecular weight excluding hydrogens is 258 g/mol. The minimum absolute atomic E-state index is 0.0387. The third-order valence-electron chi connectivity index (χ3n) is 4.68. The van der Waals surface area contributed by atoms with Crippen LogP contribution in [-0.4, -0.2) is 17.7 Å². The second kappa shape index (κ2) is 6.10. The molecule has 2 heteroatoms. The lowest BCUT2D eigenvalue weighted by atomic mass is 9.78. The van der Waals surface area contributed by atoms with E-state index in [1.54, 1.807) is 0 Å². The highest BCUT2D eigenvalue weighted by Gasteiger charge is 2.49. The van der Waals surface area contributed by atoms with Crippen molar-refractivity contribution >= 4 is 0 Å². The highest BCUT2D eigenvalue weighted by molar-refractivity contribution is 5.30. The van der Waals surface area contributed by atoms with Crippen molar-refractivity contribution in [1.29, 1.82) is 0 Å². The predicted molar refractivity (Wildman–Crippen MR) is 89.6 cm³/mol. The summed E-state index contributed by atoms with van der Waals surface area (Å²) in [4.78, 5) is 0. The van der Waals surface area contributed by atoms with E-state index >= 15 is 0 Å². The van der Waals surface area contributed by atoms with Gasteiger partial charge in [0.1, 0.15) is 0 Å². The fourth-order valence-electron chi connectivity index (χ4n) is 3.83. The second-order valence-corrected chi connectivity index (χ2v) is 7.56. The third kappa shape index (κ3) is 3.67. The average Bonchev–Trinajstić information content (AvgIpc) is 2.60. The Bertz CT molecular complexity index is 478. The Kier molecular flexibility index (Phi) is 4.79. The zero-order valence-electron chi connectivity index (χ0n) is 14.5. The van der Waals surface area contributed by atoms with E-state index in [1.165, 1.54) is 11.1 Å². The minimum Gasteiger partial charge on any atom is -0.369 e. The summed E-state index contributed by atoms with van der Waals surface area (Å²) < 4.78 is 6.33. The number of hydrogen-bond acceptors (Lipinski definition) is 2. The summed E-state index contributed by atoms with van der Waals surface area (Å²) >= 11 is 0. The van der Waals surface area contributed by atoms with Crippen molar-refractivity contribution < 1.29 is 4.74 Å². The first-order valence-electron chi connectivity index (χ1n) is 8.26. The molecule has 1 aliphatic rings. The molecular formula is C19H31NO. The van der Waals surface area contributed by atoms with E-state index < -0.39 is 0 Å². The number of aryl methyl sites for hydroxylation is 1. The zero-order valence-corrected chi connectivity index (χ0v) is 14.5. The predicted octanol–water partition coefficient (Wildman–Crippen LogP) is 4.63. The Morgan fingerprint density at radius 2 is 1.90 bits per heavy atom. The van der Waals surface area contributed by atoms with Crippen LogP contribution in [0.5, 0.6) is 0 Å². The fourth-order valence-corrected chi connectivity index (χ4v) is 3.83. The van der Waals surface area contributed by atoms with Crippen LogP contribution in [0.15, 0.2) is 24.3 Å². The summed E-state index contributed by atoms with van der Waals surface area (Å²) in [6.45, 7) is 14.4. The number of benzene rings is 1. The van der Waals surface area contributed by atoms with E-state index in [9.17, 15) is 0 Å². The molecule has 1 aromatic rings. The first-order valence-corrected chi connectivity index (χ1v) is 8.26. The summed E-state index contributed by atoms with van der Waals surface area (Å²) in [7, 11) is 0. The van der Waals surface area contributed by atoms with E-state index in [0.717, 1.165) is 19.4 Å². The van der Waals surface area contributed by atoms with E-state index in [-0.39, 0.29) is 11.2 Å². The molecule has 0 aromatic heterocycles. The van der Waals surface area contributed by atoms with Gasteiger partial charge >= 0.3 is 0 Å². The van der Waals surface area contributed by atoms with E-state index in [4.69, 9.17) is 4.74 Å². The van der Waals surface area contributed by atoms with Crippen LogP contribution in [0.25, 0.3) is 0 Å². The minimum atomic E-state index is -0.100. The largest absolute Gasteiger partial charge is 0.369 e. The van der Waals surface area contributed by atoms with Gasteiger partial charge in [-0.1, -0.05) is 31.2 Å². The maximum atomic E-state index is 6.33. The number of ether oxygens (including phenoxy) is 1. The molecule has 21 heavy (non-hydrogen) atoms. The van der Waals surface area contributed by atoms with Gasteiger partial charge < -0.3 is 10.1 Å². The molecule has 1 heterocycles. The van der Waals surface area contributed by atoms with Crippen molar-refractivity contribution in [1.82, 2.24) is 5.32 Å². The SMILES string of the molecule is CCCNC(c1ccccc1C)C1CC(C)(C)OC1(C)C. The van der Waals surface area contributed by atoms with Crippen molar-refractivity contribution in [2.24, 2.45) is 5.92 Å². The van der Waals surface area contributed by atoms with Gasteiger partial charge in [-0.25, -0.2) is 0 Å². The van der Waals surface area contributed by atoms with E-state index in [0.29, 0.717) is 12.0 Å². The molecule has 0 spiro atoms. The van der Waals surface area contributed by atoms with Gasteiger partial charge in [0, 0.05) is 12.0 Å². The average molecular weight is 289 g/mol. The van der Waals surface area contributed by atoms with E-state index in [1.807, 2.05) is 0 Å². The monoisotopic (exact) mass is 289 g/mol. The molecule has 0 aliphatic carbocycles. The van der Waals surface area contributed by atoms with Crippen molar-refractivity contribution in [3.63, 3.8) is 0 Å². The summed E-state index contributed by atoms with van der Waals surface area (Å²) in [6, 6.07) is 9.11. The Balaban J connectivity index is 2.35. The molecule has 1 fully saturated rings. The Morgan fingerprint density at radius 3 is 2.43 bits per heavy atom. The highest BCUT2D eigenvalue weighted by atomic mass is 16.5. The number of hydrogen-bond donors (Lipinski definition) is 1. The zero-order chi connectivity index (χ0) is 15.7. The standard InChI is InChI=1S/C19H31NO/c1-7-12-20-17(15-11-9-8-10-14(15)2)16-13-18(3,4)21-19(16,5)6/h8-11,16-17,20H,7,12-13H2,1-6H3. The van der Waals surface area contributed by atoms with Crippen LogP contribution in [0.2, 0.25) is 0 Å². The van der Waals surface area contributed by atoms with Crippen LogP contribution in [0.3, 0.4) is 0 Å². The van der Waals surface area contributed by atoms with Gasteiger partial charge in [-0.05, 0) is 65.1 Å². The number of nitrogens with one attached hydrogen (secondary N) is 1. The van der Waals surface area contributed by atoms with Crippen molar-refractivity contribution in [3.05, 3.63) is 35.4 Å². The van der Waals surface area contributed by atoms with E-state index in [2.05, 4.69) is 71.1 Å². The molecule has 2 rings (SSSR count). The lowest BCUT2D eigenvalue weighted by Crippen LogP contribution is -2.39. The quantitative estimate of drug-likeness (QED) is 0.853. The van der Waals surface area contributed by atoms with Crippen LogP contribution < -0.4 is 5.32 Å². The summed E-state index contributed by atoms with van der Waals surface area (Å²) in [5, 5.41) is 3.78. The first-order chi connectivity index (χ1) is 9.77. The third-order valence-corrected chi connectivity index (χ3v) is 4.68. The van der Waals surface area contributed by atoms with Gasteiger partial charge in [0.2, 0.25) is 0 Å². The maximum Gasteiger partial charge on any atom is 0.0681 e. The van der Waals surface area contributed by atoms with Gasteiger partial charge in [-0.15, -0.1) is 0 Å². The molecule has 2 unspecified atom stereocenters. The Hall–Kier alpha value is -0.860. The molecule has 0 bridgehead atoms. The van der Waals surface area contributed by atoms with Crippen molar-refractivity contribution in [2.45, 2.75) is 71.6 Å². The van der Waals surface area contributed by atoms with Crippen LogP contribution in [0.1, 0.15) is 64.6 Å². The topological polar surface area (TPSA) is 21.3 Å². The molecule has 0 radical (unpaired) electrons. The van der Waals surface area contributed by atoms with Gasteiger partial charge in [0.05, 0.1) is 11.2 Å². The van der Waals surface area contributed by atoms with Gasteiger partial charge in [0.25, 0.3) is 0 Å².